The van der Waals surface area contributed by atoms with Crippen molar-refractivity contribution in [2.75, 3.05) is 19.6 Å². The number of hydrazine groups is 1. The zero-order chi connectivity index (χ0) is 11.2. The van der Waals surface area contributed by atoms with Gasteiger partial charge in [0.05, 0.1) is 6.54 Å². The molecule has 0 radical (unpaired) electrons. The lowest BCUT2D eigenvalue weighted by molar-refractivity contribution is -0.122. The number of benzene rings is 1. The molecule has 16 heavy (non-hydrogen) atoms. The maximum atomic E-state index is 11.6. The van der Waals surface area contributed by atoms with Crippen LogP contribution in [0.15, 0.2) is 30.3 Å². The maximum Gasteiger partial charge on any atom is 0.235 e. The van der Waals surface area contributed by atoms with Crippen LogP contribution in [0.3, 0.4) is 0 Å². The molecule has 0 saturated carbocycles. The van der Waals surface area contributed by atoms with Crippen LogP contribution < -0.4 is 10.7 Å². The molecule has 1 amide bonds. The summed E-state index contributed by atoms with van der Waals surface area (Å²) < 4.78 is 0. The quantitative estimate of drug-likeness (QED) is 0.775. The minimum Gasteiger partial charge on any atom is -0.351 e. The molecule has 4 nitrogen and oxygen atoms in total. The smallest absolute Gasteiger partial charge is 0.235 e. The number of rotatable bonds is 4. The third kappa shape index (κ3) is 3.32. The van der Waals surface area contributed by atoms with E-state index in [0.717, 1.165) is 25.1 Å². The summed E-state index contributed by atoms with van der Waals surface area (Å²) in [6.07, 6.45) is 1.12. The predicted molar refractivity (Wildman–Crippen MR) is 62.5 cm³/mol. The van der Waals surface area contributed by atoms with Gasteiger partial charge in [0.15, 0.2) is 0 Å². The first kappa shape index (κ1) is 11.1. The van der Waals surface area contributed by atoms with Gasteiger partial charge in [-0.25, -0.2) is 5.01 Å². The van der Waals surface area contributed by atoms with E-state index >= 15 is 0 Å². The lowest BCUT2D eigenvalue weighted by atomic mass is 10.2. The summed E-state index contributed by atoms with van der Waals surface area (Å²) in [5, 5.41) is 4.86. The highest BCUT2D eigenvalue weighted by molar-refractivity contribution is 5.77. The topological polar surface area (TPSA) is 44.4 Å². The van der Waals surface area contributed by atoms with Gasteiger partial charge in [0.1, 0.15) is 0 Å². The summed E-state index contributed by atoms with van der Waals surface area (Å²) >= 11 is 0. The van der Waals surface area contributed by atoms with Crippen molar-refractivity contribution in [1.82, 2.24) is 15.8 Å². The highest BCUT2D eigenvalue weighted by Crippen LogP contribution is 1.98. The first-order valence-corrected chi connectivity index (χ1v) is 5.64. The normalized spacial score (nSPS) is 16.2. The summed E-state index contributed by atoms with van der Waals surface area (Å²) in [5.74, 6) is 0.0678. The molecule has 86 valence electrons. The van der Waals surface area contributed by atoms with Gasteiger partial charge in [-0.3, -0.25) is 10.2 Å². The number of amides is 1. The lowest BCUT2D eigenvalue weighted by Gasteiger charge is -2.14. The molecule has 0 aliphatic carbocycles. The van der Waals surface area contributed by atoms with E-state index in [2.05, 4.69) is 10.7 Å². The lowest BCUT2D eigenvalue weighted by Crippen LogP contribution is -2.40. The second-order valence-corrected chi connectivity index (χ2v) is 3.95. The van der Waals surface area contributed by atoms with Gasteiger partial charge in [0.25, 0.3) is 0 Å². The van der Waals surface area contributed by atoms with Crippen molar-refractivity contribution in [2.45, 2.75) is 13.0 Å². The Balaban J connectivity index is 1.71. The Bertz CT molecular complexity index is 333. The molecule has 0 spiro atoms. The molecule has 1 saturated heterocycles. The number of nitrogens with one attached hydrogen (secondary N) is 2. The molecule has 0 unspecified atom stereocenters. The summed E-state index contributed by atoms with van der Waals surface area (Å²) in [5.41, 5.74) is 4.29. The van der Waals surface area contributed by atoms with E-state index in [4.69, 9.17) is 0 Å². The summed E-state index contributed by atoms with van der Waals surface area (Å²) in [7, 11) is 0. The largest absolute Gasteiger partial charge is 0.351 e. The monoisotopic (exact) mass is 219 g/mol. The molecule has 2 rings (SSSR count). The summed E-state index contributed by atoms with van der Waals surface area (Å²) in [6, 6.07) is 9.94. The maximum absolute atomic E-state index is 11.6. The van der Waals surface area contributed by atoms with Crippen LogP contribution in [0.25, 0.3) is 0 Å². The third-order valence-electron chi connectivity index (χ3n) is 2.61. The minimum absolute atomic E-state index is 0.0678. The van der Waals surface area contributed by atoms with E-state index in [1.54, 1.807) is 0 Å². The van der Waals surface area contributed by atoms with Crippen molar-refractivity contribution in [3.8, 4) is 0 Å². The third-order valence-corrected chi connectivity index (χ3v) is 2.61. The van der Waals surface area contributed by atoms with E-state index in [0.29, 0.717) is 13.1 Å². The van der Waals surface area contributed by atoms with E-state index in [-0.39, 0.29) is 5.91 Å². The fourth-order valence-electron chi connectivity index (χ4n) is 1.75. The molecule has 4 heteroatoms. The fourth-order valence-corrected chi connectivity index (χ4v) is 1.75. The summed E-state index contributed by atoms with van der Waals surface area (Å²) in [4.78, 5) is 11.6. The average molecular weight is 219 g/mol. The van der Waals surface area contributed by atoms with Crippen LogP contribution >= 0.6 is 0 Å². The highest BCUT2D eigenvalue weighted by atomic mass is 16.2. The van der Waals surface area contributed by atoms with E-state index in [1.807, 2.05) is 35.3 Å². The molecule has 0 atom stereocenters. The molecule has 2 N–H and O–H groups in total. The molecule has 1 aromatic carbocycles. The van der Waals surface area contributed by atoms with Gasteiger partial charge in [0.2, 0.25) is 5.91 Å². The van der Waals surface area contributed by atoms with Crippen LogP contribution in [0.2, 0.25) is 0 Å². The van der Waals surface area contributed by atoms with Crippen LogP contribution in [0.5, 0.6) is 0 Å². The first-order valence-electron chi connectivity index (χ1n) is 5.64. The SMILES string of the molecule is O=C(CN1CCCN1)NCc1ccccc1. The van der Waals surface area contributed by atoms with Crippen LogP contribution in [0.4, 0.5) is 0 Å². The number of nitrogens with zero attached hydrogens (tertiary/aromatic N) is 1. The average Bonchev–Trinajstić information content (AvgIpc) is 2.81. The highest BCUT2D eigenvalue weighted by Gasteiger charge is 2.13. The summed E-state index contributed by atoms with van der Waals surface area (Å²) in [6.45, 7) is 2.98. The second kappa shape index (κ2) is 5.63. The van der Waals surface area contributed by atoms with E-state index in [9.17, 15) is 4.79 Å². The predicted octanol–water partition coefficient (Wildman–Crippen LogP) is 0.513. The second-order valence-electron chi connectivity index (χ2n) is 3.95. The number of carbonyl (C=O) groups excluding carboxylic acids is 1. The van der Waals surface area contributed by atoms with Gasteiger partial charge in [-0.2, -0.15) is 0 Å². The van der Waals surface area contributed by atoms with Gasteiger partial charge in [-0.15, -0.1) is 0 Å². The van der Waals surface area contributed by atoms with Gasteiger partial charge in [-0.1, -0.05) is 30.3 Å². The molecule has 1 fully saturated rings. The Morgan fingerprint density at radius 1 is 1.38 bits per heavy atom. The zero-order valence-electron chi connectivity index (χ0n) is 9.28. The van der Waals surface area contributed by atoms with Gasteiger partial charge < -0.3 is 5.32 Å². The van der Waals surface area contributed by atoms with Gasteiger partial charge in [0, 0.05) is 19.6 Å². The van der Waals surface area contributed by atoms with Crippen LogP contribution in [-0.4, -0.2) is 30.6 Å². The number of hydrogen-bond acceptors (Lipinski definition) is 3. The first-order chi connectivity index (χ1) is 7.84. The van der Waals surface area contributed by atoms with E-state index in [1.165, 1.54) is 0 Å². The van der Waals surface area contributed by atoms with Crippen LogP contribution in [0, 0.1) is 0 Å². The Kier molecular flexibility index (Phi) is 3.91. The van der Waals surface area contributed by atoms with Gasteiger partial charge >= 0.3 is 0 Å². The Morgan fingerprint density at radius 2 is 2.19 bits per heavy atom. The number of hydrogen-bond donors (Lipinski definition) is 2. The van der Waals surface area contributed by atoms with Gasteiger partial charge in [-0.05, 0) is 12.0 Å². The molecule has 1 aliphatic rings. The van der Waals surface area contributed by atoms with Crippen molar-refractivity contribution >= 4 is 5.91 Å². The molecule has 0 aromatic heterocycles. The van der Waals surface area contributed by atoms with E-state index < -0.39 is 0 Å². The van der Waals surface area contributed by atoms with Crippen LogP contribution in [-0.2, 0) is 11.3 Å². The number of carbonyl (C=O) groups is 1. The Morgan fingerprint density at radius 3 is 2.88 bits per heavy atom. The van der Waals surface area contributed by atoms with Crippen LogP contribution in [0.1, 0.15) is 12.0 Å². The molecule has 1 aliphatic heterocycles. The molecular formula is C12H17N3O. The zero-order valence-corrected chi connectivity index (χ0v) is 9.28. The van der Waals surface area contributed by atoms with Crippen molar-refractivity contribution in [2.24, 2.45) is 0 Å². The minimum atomic E-state index is 0.0678. The molecule has 1 aromatic rings. The molecular weight excluding hydrogens is 202 g/mol. The van der Waals surface area contributed by atoms with Crippen molar-refractivity contribution in [1.29, 1.82) is 0 Å². The standard InChI is InChI=1S/C12H17N3O/c16-12(10-15-8-4-7-14-15)13-9-11-5-2-1-3-6-11/h1-3,5-6,14H,4,7-10H2,(H,13,16). The van der Waals surface area contributed by atoms with Crippen molar-refractivity contribution in [3.05, 3.63) is 35.9 Å². The van der Waals surface area contributed by atoms with Crippen molar-refractivity contribution < 1.29 is 4.79 Å². The Hall–Kier alpha value is -1.39. The Labute approximate surface area is 95.6 Å². The fraction of sp³-hybridized carbons (Fsp3) is 0.417. The molecule has 0 bridgehead atoms. The molecule has 1 heterocycles. The van der Waals surface area contributed by atoms with Crippen molar-refractivity contribution in [3.63, 3.8) is 0 Å².